The molecule has 1 aromatic carbocycles. The smallest absolute Gasteiger partial charge is 0.255 e. The minimum absolute atomic E-state index is 0. The van der Waals surface area contributed by atoms with Crippen molar-refractivity contribution in [3.8, 4) is 5.75 Å². The number of halogens is 3. The van der Waals surface area contributed by atoms with Crippen molar-refractivity contribution in [2.45, 2.75) is 13.0 Å². The van der Waals surface area contributed by atoms with E-state index in [1.165, 1.54) is 0 Å². The summed E-state index contributed by atoms with van der Waals surface area (Å²) >= 11 is 6.03. The number of carbonyl (C=O) groups excluding carboxylic acids is 1. The number of nitrogens with two attached hydrogens (primary N) is 1. The largest absolute Gasteiger partial charge is 0.483 e. The van der Waals surface area contributed by atoms with E-state index in [0.29, 0.717) is 17.3 Å². The van der Waals surface area contributed by atoms with E-state index in [9.17, 15) is 4.79 Å². The average molecular weight is 415 g/mol. The van der Waals surface area contributed by atoms with Gasteiger partial charge in [-0.05, 0) is 37.7 Å². The van der Waals surface area contributed by atoms with Crippen molar-refractivity contribution in [3.63, 3.8) is 0 Å². The molecule has 1 saturated heterocycles. The van der Waals surface area contributed by atoms with Gasteiger partial charge in [0.25, 0.3) is 5.91 Å². The predicted octanol–water partition coefficient (Wildman–Crippen LogP) is 1.86. The SMILES string of the molecule is Cl.Cl.NC(=O)COc1ccc(Cl)cc1CNCCCN1CCOCC1. The van der Waals surface area contributed by atoms with Gasteiger partial charge in [0.2, 0.25) is 0 Å². The molecule has 0 bridgehead atoms. The second-order valence-electron chi connectivity index (χ2n) is 5.49. The fourth-order valence-electron chi connectivity index (χ4n) is 2.45. The normalized spacial score (nSPS) is 14.3. The van der Waals surface area contributed by atoms with Gasteiger partial charge in [-0.1, -0.05) is 11.6 Å². The Morgan fingerprint density at radius 1 is 1.32 bits per heavy atom. The molecule has 1 aliphatic heterocycles. The summed E-state index contributed by atoms with van der Waals surface area (Å²) in [6.07, 6.45) is 1.07. The molecule has 0 atom stereocenters. The first-order valence-electron chi connectivity index (χ1n) is 7.85. The third-order valence-corrected chi connectivity index (χ3v) is 3.87. The summed E-state index contributed by atoms with van der Waals surface area (Å²) < 4.78 is 10.7. The number of ether oxygens (including phenoxy) is 2. The minimum Gasteiger partial charge on any atom is -0.483 e. The first-order valence-corrected chi connectivity index (χ1v) is 8.23. The van der Waals surface area contributed by atoms with Gasteiger partial charge in [0, 0.05) is 30.2 Å². The van der Waals surface area contributed by atoms with E-state index in [0.717, 1.165) is 51.4 Å². The highest BCUT2D eigenvalue weighted by molar-refractivity contribution is 6.30. The number of nitrogens with one attached hydrogen (secondary N) is 1. The zero-order valence-corrected chi connectivity index (χ0v) is 16.4. The van der Waals surface area contributed by atoms with Crippen LogP contribution in [0.25, 0.3) is 0 Å². The molecule has 25 heavy (non-hydrogen) atoms. The van der Waals surface area contributed by atoms with Crippen LogP contribution in [0, 0.1) is 0 Å². The van der Waals surface area contributed by atoms with Crippen LogP contribution in [-0.4, -0.2) is 56.8 Å². The van der Waals surface area contributed by atoms with Crippen LogP contribution in [0.1, 0.15) is 12.0 Å². The van der Waals surface area contributed by atoms with Crippen LogP contribution in [0.4, 0.5) is 0 Å². The molecular weight excluding hydrogens is 389 g/mol. The van der Waals surface area contributed by atoms with Crippen molar-refractivity contribution < 1.29 is 14.3 Å². The molecule has 1 aliphatic rings. The Kier molecular flexibility index (Phi) is 13.0. The fourth-order valence-corrected chi connectivity index (χ4v) is 2.65. The number of morpholine rings is 1. The van der Waals surface area contributed by atoms with E-state index in [2.05, 4.69) is 10.2 Å². The van der Waals surface area contributed by atoms with Crippen molar-refractivity contribution in [1.82, 2.24) is 10.2 Å². The van der Waals surface area contributed by atoms with Crippen molar-refractivity contribution >= 4 is 42.3 Å². The van der Waals surface area contributed by atoms with Gasteiger partial charge in [-0.15, -0.1) is 24.8 Å². The number of benzene rings is 1. The Labute approximate surface area is 166 Å². The number of hydrogen-bond donors (Lipinski definition) is 2. The number of primary amides is 1. The lowest BCUT2D eigenvalue weighted by molar-refractivity contribution is -0.119. The van der Waals surface area contributed by atoms with E-state index < -0.39 is 5.91 Å². The van der Waals surface area contributed by atoms with Gasteiger partial charge >= 0.3 is 0 Å². The summed E-state index contributed by atoms with van der Waals surface area (Å²) in [5, 5.41) is 4.02. The van der Waals surface area contributed by atoms with E-state index in [4.69, 9.17) is 26.8 Å². The first kappa shape index (κ1) is 24.2. The summed E-state index contributed by atoms with van der Waals surface area (Å²) in [6.45, 7) is 6.16. The Morgan fingerprint density at radius 2 is 2.04 bits per heavy atom. The van der Waals surface area contributed by atoms with Crippen LogP contribution < -0.4 is 15.8 Å². The average Bonchev–Trinajstić information content (AvgIpc) is 2.54. The van der Waals surface area contributed by atoms with Crippen molar-refractivity contribution in [2.75, 3.05) is 46.0 Å². The zero-order valence-electron chi connectivity index (χ0n) is 14.0. The molecule has 6 nitrogen and oxygen atoms in total. The second-order valence-corrected chi connectivity index (χ2v) is 5.93. The summed E-state index contributed by atoms with van der Waals surface area (Å²) in [7, 11) is 0. The summed E-state index contributed by atoms with van der Waals surface area (Å²) in [5.41, 5.74) is 6.03. The maximum atomic E-state index is 10.8. The molecule has 0 saturated carbocycles. The maximum Gasteiger partial charge on any atom is 0.255 e. The molecule has 144 valence electrons. The van der Waals surface area contributed by atoms with E-state index in [1.54, 1.807) is 12.1 Å². The minimum atomic E-state index is -0.496. The Balaban J connectivity index is 0.00000288. The molecule has 1 fully saturated rings. The molecule has 0 unspecified atom stereocenters. The lowest BCUT2D eigenvalue weighted by Gasteiger charge is -2.26. The standard InChI is InChI=1S/C16H24ClN3O3.2ClH/c17-14-2-3-15(23-12-16(18)21)13(10-14)11-19-4-1-5-20-6-8-22-9-7-20;;/h2-3,10,19H,1,4-9,11-12H2,(H2,18,21);2*1H. The van der Waals surface area contributed by atoms with Crippen LogP contribution in [0.15, 0.2) is 18.2 Å². The van der Waals surface area contributed by atoms with Gasteiger partial charge in [-0.3, -0.25) is 9.69 Å². The van der Waals surface area contributed by atoms with Crippen molar-refractivity contribution in [2.24, 2.45) is 5.73 Å². The second kappa shape index (κ2) is 13.4. The van der Waals surface area contributed by atoms with Crippen LogP contribution in [-0.2, 0) is 16.1 Å². The number of rotatable bonds is 9. The lowest BCUT2D eigenvalue weighted by Crippen LogP contribution is -2.37. The maximum absolute atomic E-state index is 10.8. The predicted molar refractivity (Wildman–Crippen MR) is 104 cm³/mol. The Hall–Kier alpha value is -0.760. The molecule has 1 heterocycles. The van der Waals surface area contributed by atoms with E-state index in [1.807, 2.05) is 6.07 Å². The summed E-state index contributed by atoms with van der Waals surface area (Å²) in [5.74, 6) is 0.137. The third-order valence-electron chi connectivity index (χ3n) is 3.64. The molecule has 2 rings (SSSR count). The molecule has 0 radical (unpaired) electrons. The number of carbonyl (C=O) groups is 1. The van der Waals surface area contributed by atoms with Gasteiger partial charge < -0.3 is 20.5 Å². The van der Waals surface area contributed by atoms with Crippen LogP contribution >= 0.6 is 36.4 Å². The molecule has 1 aromatic rings. The van der Waals surface area contributed by atoms with Crippen molar-refractivity contribution in [1.29, 1.82) is 0 Å². The number of nitrogens with zero attached hydrogens (tertiary/aromatic N) is 1. The van der Waals surface area contributed by atoms with Gasteiger partial charge in [-0.2, -0.15) is 0 Å². The third kappa shape index (κ3) is 9.49. The Bertz CT molecular complexity index is 515. The first-order chi connectivity index (χ1) is 11.1. The van der Waals surface area contributed by atoms with Crippen molar-refractivity contribution in [3.05, 3.63) is 28.8 Å². The van der Waals surface area contributed by atoms with Crippen LogP contribution in [0.5, 0.6) is 5.75 Å². The van der Waals surface area contributed by atoms with Gasteiger partial charge in [0.1, 0.15) is 5.75 Å². The van der Waals surface area contributed by atoms with Gasteiger partial charge in [0.05, 0.1) is 13.2 Å². The molecule has 3 N–H and O–H groups in total. The fraction of sp³-hybridized carbons (Fsp3) is 0.562. The number of hydrogen-bond acceptors (Lipinski definition) is 5. The highest BCUT2D eigenvalue weighted by Gasteiger charge is 2.09. The van der Waals surface area contributed by atoms with Crippen LogP contribution in [0.2, 0.25) is 5.02 Å². The Morgan fingerprint density at radius 3 is 2.72 bits per heavy atom. The molecule has 0 aromatic heterocycles. The topological polar surface area (TPSA) is 76.8 Å². The van der Waals surface area contributed by atoms with Gasteiger partial charge in [-0.25, -0.2) is 0 Å². The number of amides is 1. The molecule has 9 heteroatoms. The molecular formula is C16H26Cl3N3O3. The van der Waals surface area contributed by atoms with E-state index >= 15 is 0 Å². The summed E-state index contributed by atoms with van der Waals surface area (Å²) in [4.78, 5) is 13.3. The highest BCUT2D eigenvalue weighted by atomic mass is 35.5. The quantitative estimate of drug-likeness (QED) is 0.603. The van der Waals surface area contributed by atoms with E-state index in [-0.39, 0.29) is 31.4 Å². The van der Waals surface area contributed by atoms with Crippen LogP contribution in [0.3, 0.4) is 0 Å². The highest BCUT2D eigenvalue weighted by Crippen LogP contribution is 2.22. The zero-order chi connectivity index (χ0) is 16.5. The van der Waals surface area contributed by atoms with Gasteiger partial charge in [0.15, 0.2) is 6.61 Å². The molecule has 0 spiro atoms. The monoisotopic (exact) mass is 413 g/mol. The lowest BCUT2D eigenvalue weighted by atomic mass is 10.2. The summed E-state index contributed by atoms with van der Waals surface area (Å²) in [6, 6.07) is 5.34. The molecule has 0 aliphatic carbocycles. The molecule has 1 amide bonds.